The molecule has 2 aromatic rings. The van der Waals surface area contributed by atoms with Crippen LogP contribution in [-0.2, 0) is 0 Å². The summed E-state index contributed by atoms with van der Waals surface area (Å²) in [5.41, 5.74) is 3.40. The van der Waals surface area contributed by atoms with Crippen molar-refractivity contribution in [2.75, 3.05) is 0 Å². The van der Waals surface area contributed by atoms with Crippen molar-refractivity contribution in [3.05, 3.63) is 58.7 Å². The van der Waals surface area contributed by atoms with Crippen molar-refractivity contribution in [3.8, 4) is 0 Å². The second kappa shape index (κ2) is 3.05. The molecule has 2 aliphatic carbocycles. The first-order valence-electron chi connectivity index (χ1n) is 5.80. The molecule has 0 aliphatic heterocycles. The molecular weight excluding hydrogens is 224 g/mol. The number of hydrogen-bond donors (Lipinski definition) is 0. The highest BCUT2D eigenvalue weighted by molar-refractivity contribution is 6.28. The van der Waals surface area contributed by atoms with Gasteiger partial charge in [-0.05, 0) is 40.8 Å². The molecule has 0 amide bonds. The second-order valence-electron chi connectivity index (χ2n) is 4.55. The van der Waals surface area contributed by atoms with Crippen molar-refractivity contribution >= 4 is 34.5 Å². The van der Waals surface area contributed by atoms with Crippen molar-refractivity contribution in [1.82, 2.24) is 0 Å². The van der Waals surface area contributed by atoms with Crippen molar-refractivity contribution < 1.29 is 9.59 Å². The number of carbonyl (C=O) groups excluding carboxylic acids is 2. The summed E-state index contributed by atoms with van der Waals surface area (Å²) in [5, 5.41) is 1.82. The number of ketones is 2. The molecule has 2 heteroatoms. The monoisotopic (exact) mass is 232 g/mol. The Morgan fingerprint density at radius 2 is 1.06 bits per heavy atom. The van der Waals surface area contributed by atoms with Gasteiger partial charge in [-0.3, -0.25) is 9.59 Å². The number of rotatable bonds is 0. The quantitative estimate of drug-likeness (QED) is 0.596. The van der Waals surface area contributed by atoms with Gasteiger partial charge in [-0.1, -0.05) is 24.3 Å². The van der Waals surface area contributed by atoms with E-state index in [9.17, 15) is 9.59 Å². The Morgan fingerprint density at radius 1 is 0.556 bits per heavy atom. The Kier molecular flexibility index (Phi) is 1.61. The van der Waals surface area contributed by atoms with Crippen LogP contribution in [0.5, 0.6) is 0 Å². The molecule has 0 saturated carbocycles. The van der Waals surface area contributed by atoms with Gasteiger partial charge in [-0.25, -0.2) is 0 Å². The smallest absolute Gasteiger partial charge is 0.186 e. The third-order valence-corrected chi connectivity index (χ3v) is 3.58. The van der Waals surface area contributed by atoms with Gasteiger partial charge in [-0.15, -0.1) is 0 Å². The molecule has 0 saturated heterocycles. The maximum absolute atomic E-state index is 12.0. The van der Waals surface area contributed by atoms with E-state index in [-0.39, 0.29) is 11.6 Å². The normalized spacial score (nSPS) is 15.6. The summed E-state index contributed by atoms with van der Waals surface area (Å²) in [7, 11) is 0. The van der Waals surface area contributed by atoms with Gasteiger partial charge < -0.3 is 0 Å². The highest BCUT2D eigenvalue weighted by Crippen LogP contribution is 2.36. The minimum atomic E-state index is -0.0994. The van der Waals surface area contributed by atoms with Crippen molar-refractivity contribution in [1.29, 1.82) is 0 Å². The van der Waals surface area contributed by atoms with Crippen LogP contribution in [0.1, 0.15) is 31.8 Å². The van der Waals surface area contributed by atoms with E-state index in [4.69, 9.17) is 0 Å². The fourth-order valence-electron chi connectivity index (χ4n) is 2.75. The molecule has 0 spiro atoms. The SMILES string of the molecule is O=C1C=CC(=O)c2ccc3c4c(ccc1c24)C=C3. The van der Waals surface area contributed by atoms with Crippen LogP contribution in [0.2, 0.25) is 0 Å². The lowest BCUT2D eigenvalue weighted by Gasteiger charge is -2.09. The number of benzene rings is 2. The van der Waals surface area contributed by atoms with Gasteiger partial charge >= 0.3 is 0 Å². The van der Waals surface area contributed by atoms with Crippen molar-refractivity contribution in [3.63, 3.8) is 0 Å². The highest BCUT2D eigenvalue weighted by atomic mass is 16.1. The fraction of sp³-hybridized carbons (Fsp3) is 0. The number of carbonyl (C=O) groups is 2. The van der Waals surface area contributed by atoms with Crippen molar-refractivity contribution in [2.24, 2.45) is 0 Å². The van der Waals surface area contributed by atoms with E-state index >= 15 is 0 Å². The first-order valence-corrected chi connectivity index (χ1v) is 5.80. The lowest BCUT2D eigenvalue weighted by Crippen LogP contribution is -1.98. The molecule has 0 atom stereocenters. The van der Waals surface area contributed by atoms with Crippen molar-refractivity contribution in [2.45, 2.75) is 0 Å². The predicted octanol–water partition coefficient (Wildman–Crippen LogP) is 3.26. The minimum absolute atomic E-state index is 0.0994. The molecule has 2 aromatic carbocycles. The van der Waals surface area contributed by atoms with Gasteiger partial charge in [0, 0.05) is 16.5 Å². The first-order chi connectivity index (χ1) is 8.75. The summed E-state index contributed by atoms with van der Waals surface area (Å²) in [6.45, 7) is 0. The Bertz CT molecular complexity index is 745. The van der Waals surface area contributed by atoms with Crippen LogP contribution < -0.4 is 0 Å². The average molecular weight is 232 g/mol. The summed E-state index contributed by atoms with van der Waals surface area (Å²) in [4.78, 5) is 24.0. The first kappa shape index (κ1) is 9.54. The van der Waals surface area contributed by atoms with E-state index in [2.05, 4.69) is 0 Å². The van der Waals surface area contributed by atoms with Crippen LogP contribution in [0, 0.1) is 0 Å². The lowest BCUT2D eigenvalue weighted by atomic mass is 9.93. The fourth-order valence-corrected chi connectivity index (χ4v) is 2.75. The lowest BCUT2D eigenvalue weighted by molar-refractivity contribution is 0.102. The molecule has 0 unspecified atom stereocenters. The molecule has 0 N–H and O–H groups in total. The molecule has 2 aliphatic rings. The number of allylic oxidation sites excluding steroid dienone is 2. The van der Waals surface area contributed by atoms with E-state index in [1.54, 1.807) is 0 Å². The van der Waals surface area contributed by atoms with Crippen LogP contribution in [0.3, 0.4) is 0 Å². The zero-order valence-corrected chi connectivity index (χ0v) is 9.44. The molecular formula is C16H8O2. The van der Waals surface area contributed by atoms with Gasteiger partial charge in [0.25, 0.3) is 0 Å². The summed E-state index contributed by atoms with van der Waals surface area (Å²) in [6, 6.07) is 7.50. The molecule has 18 heavy (non-hydrogen) atoms. The van der Waals surface area contributed by atoms with Crippen LogP contribution >= 0.6 is 0 Å². The molecule has 0 fully saturated rings. The molecule has 4 rings (SSSR count). The molecule has 2 nitrogen and oxygen atoms in total. The minimum Gasteiger partial charge on any atom is -0.289 e. The van der Waals surface area contributed by atoms with Crippen LogP contribution in [-0.4, -0.2) is 11.6 Å². The molecule has 0 radical (unpaired) electrons. The maximum atomic E-state index is 12.0. The largest absolute Gasteiger partial charge is 0.289 e. The average Bonchev–Trinajstić information content (AvgIpc) is 2.76. The second-order valence-corrected chi connectivity index (χ2v) is 4.55. The van der Waals surface area contributed by atoms with E-state index in [1.807, 2.05) is 36.4 Å². The van der Waals surface area contributed by atoms with Crippen LogP contribution in [0.4, 0.5) is 0 Å². The predicted molar refractivity (Wildman–Crippen MR) is 70.7 cm³/mol. The summed E-state index contributed by atoms with van der Waals surface area (Å²) in [6.07, 6.45) is 6.76. The van der Waals surface area contributed by atoms with Gasteiger partial charge in [0.05, 0.1) is 0 Å². The zero-order chi connectivity index (χ0) is 12.3. The van der Waals surface area contributed by atoms with Gasteiger partial charge in [0.1, 0.15) is 0 Å². The van der Waals surface area contributed by atoms with Gasteiger partial charge in [0.15, 0.2) is 11.6 Å². The van der Waals surface area contributed by atoms with E-state index < -0.39 is 0 Å². The molecule has 0 aromatic heterocycles. The summed E-state index contributed by atoms with van der Waals surface area (Å²) >= 11 is 0. The Balaban J connectivity index is 2.31. The van der Waals surface area contributed by atoms with E-state index in [0.29, 0.717) is 11.1 Å². The maximum Gasteiger partial charge on any atom is 0.186 e. The zero-order valence-electron chi connectivity index (χ0n) is 9.44. The van der Waals surface area contributed by atoms with Crippen LogP contribution in [0.15, 0.2) is 36.4 Å². The third kappa shape index (κ3) is 1.02. The van der Waals surface area contributed by atoms with E-state index in [1.165, 1.54) is 12.2 Å². The summed E-state index contributed by atoms with van der Waals surface area (Å²) in [5.74, 6) is -0.199. The summed E-state index contributed by atoms with van der Waals surface area (Å²) < 4.78 is 0. The van der Waals surface area contributed by atoms with Gasteiger partial charge in [-0.2, -0.15) is 0 Å². The standard InChI is InChI=1S/C16H8O2/c17-13-7-8-14(18)12-6-4-10-2-1-9-3-5-11(13)16(12)15(9)10/h1-8H. The Hall–Kier alpha value is -2.48. The molecule has 84 valence electrons. The Labute approximate surface area is 103 Å². The topological polar surface area (TPSA) is 34.1 Å². The highest BCUT2D eigenvalue weighted by Gasteiger charge is 2.22. The van der Waals surface area contributed by atoms with E-state index in [0.717, 1.165) is 21.9 Å². The molecule has 0 heterocycles. The van der Waals surface area contributed by atoms with Crippen LogP contribution in [0.25, 0.3) is 22.9 Å². The Morgan fingerprint density at radius 3 is 1.56 bits per heavy atom. The third-order valence-electron chi connectivity index (χ3n) is 3.58. The molecule has 0 bridgehead atoms. The number of hydrogen-bond acceptors (Lipinski definition) is 2. The van der Waals surface area contributed by atoms with Gasteiger partial charge in [0.2, 0.25) is 0 Å².